The van der Waals surface area contributed by atoms with Gasteiger partial charge in [-0.15, -0.1) is 0 Å². The Balaban J connectivity index is 1.91. The summed E-state index contributed by atoms with van der Waals surface area (Å²) in [7, 11) is 0. The lowest BCUT2D eigenvalue weighted by molar-refractivity contribution is 0.0993. The van der Waals surface area contributed by atoms with E-state index in [0.29, 0.717) is 15.8 Å². The third kappa shape index (κ3) is 3.64. The van der Waals surface area contributed by atoms with E-state index < -0.39 is 5.91 Å². The van der Waals surface area contributed by atoms with Crippen molar-refractivity contribution in [1.82, 2.24) is 20.2 Å². The van der Waals surface area contributed by atoms with Crippen molar-refractivity contribution in [3.05, 3.63) is 54.4 Å². The van der Waals surface area contributed by atoms with Crippen LogP contribution in [0.2, 0.25) is 0 Å². The van der Waals surface area contributed by atoms with Crippen LogP contribution in [0.15, 0.2) is 52.9 Å². The van der Waals surface area contributed by atoms with E-state index >= 15 is 0 Å². The van der Waals surface area contributed by atoms with Gasteiger partial charge in [-0.05, 0) is 42.1 Å². The van der Waals surface area contributed by atoms with Crippen molar-refractivity contribution in [3.8, 4) is 11.5 Å². The minimum Gasteiger partial charge on any atom is -0.455 e. The quantitative estimate of drug-likeness (QED) is 0.743. The largest absolute Gasteiger partial charge is 0.455 e. The van der Waals surface area contributed by atoms with Crippen molar-refractivity contribution in [3.63, 3.8) is 0 Å². The van der Waals surface area contributed by atoms with Gasteiger partial charge in [-0.3, -0.25) is 9.89 Å². The number of hydrogen-bond acceptors (Lipinski definition) is 6. The highest BCUT2D eigenvalue weighted by Gasteiger charge is 2.14. The Hall–Kier alpha value is -2.94. The van der Waals surface area contributed by atoms with E-state index in [-0.39, 0.29) is 17.3 Å². The fourth-order valence-electron chi connectivity index (χ4n) is 1.73. The second-order valence-electron chi connectivity index (χ2n) is 4.33. The topological polar surface area (TPSA) is 107 Å². The van der Waals surface area contributed by atoms with E-state index in [1.165, 1.54) is 48.6 Å². The van der Waals surface area contributed by atoms with Gasteiger partial charge in [0.2, 0.25) is 0 Å². The van der Waals surface area contributed by atoms with Crippen LogP contribution in [0.3, 0.4) is 0 Å². The summed E-state index contributed by atoms with van der Waals surface area (Å²) in [6.45, 7) is 0. The summed E-state index contributed by atoms with van der Waals surface area (Å²) in [6, 6.07) is 6.98. The normalized spacial score (nSPS) is 10.5. The van der Waals surface area contributed by atoms with Gasteiger partial charge in [-0.25, -0.2) is 14.4 Å². The molecule has 0 aliphatic rings. The number of aromatic amines is 1. The van der Waals surface area contributed by atoms with Crippen LogP contribution < -0.4 is 10.5 Å². The summed E-state index contributed by atoms with van der Waals surface area (Å²) in [5, 5.41) is 7.00. The predicted octanol–water partition coefficient (Wildman–Crippen LogP) is 2.38. The number of carbonyl (C=O) groups is 1. The third-order valence-electron chi connectivity index (χ3n) is 2.71. The number of aromatic nitrogens is 4. The summed E-state index contributed by atoms with van der Waals surface area (Å²) < 4.78 is 18.5. The highest BCUT2D eigenvalue weighted by atomic mass is 32.2. The fraction of sp³-hybridized carbons (Fsp3) is 0. The number of hydrogen-bond donors (Lipinski definition) is 2. The highest BCUT2D eigenvalue weighted by molar-refractivity contribution is 7.99. The Morgan fingerprint density at radius 2 is 2.04 bits per heavy atom. The number of nitrogens with zero attached hydrogens (tertiary/aromatic N) is 3. The van der Waals surface area contributed by atoms with Crippen LogP contribution in [0.5, 0.6) is 11.5 Å². The zero-order valence-corrected chi connectivity index (χ0v) is 12.4. The van der Waals surface area contributed by atoms with Gasteiger partial charge in [0.05, 0.1) is 0 Å². The molecule has 0 saturated carbocycles. The number of carbonyl (C=O) groups excluding carboxylic acids is 1. The molecule has 3 N–H and O–H groups in total. The van der Waals surface area contributed by atoms with E-state index in [1.54, 1.807) is 6.07 Å². The summed E-state index contributed by atoms with van der Waals surface area (Å²) in [4.78, 5) is 20.2. The number of nitrogens with two attached hydrogens (primary N) is 1. The molecule has 0 atom stereocenters. The van der Waals surface area contributed by atoms with E-state index in [0.717, 1.165) is 0 Å². The molecule has 2 aromatic heterocycles. The molecule has 1 aromatic carbocycles. The average molecular weight is 331 g/mol. The molecule has 0 saturated heterocycles. The first-order chi connectivity index (χ1) is 11.1. The Bertz CT molecular complexity index is 824. The number of ether oxygens (including phenoxy) is 1. The van der Waals surface area contributed by atoms with Crippen LogP contribution in [0, 0.1) is 5.82 Å². The molecule has 0 aliphatic heterocycles. The average Bonchev–Trinajstić information content (AvgIpc) is 3.02. The van der Waals surface area contributed by atoms with Crippen molar-refractivity contribution >= 4 is 17.7 Å². The second kappa shape index (κ2) is 6.44. The molecule has 0 unspecified atom stereocenters. The molecule has 0 bridgehead atoms. The minimum absolute atomic E-state index is 0.0174. The number of amides is 1. The number of H-pyrrole nitrogens is 1. The molecule has 7 nitrogen and oxygen atoms in total. The van der Waals surface area contributed by atoms with Gasteiger partial charge in [-0.1, -0.05) is 0 Å². The van der Waals surface area contributed by atoms with E-state index in [2.05, 4.69) is 20.2 Å². The molecule has 0 spiro atoms. The monoisotopic (exact) mass is 331 g/mol. The molecule has 3 rings (SSSR count). The number of rotatable bonds is 5. The number of primary amides is 1. The third-order valence-corrected chi connectivity index (χ3v) is 3.56. The maximum Gasteiger partial charge on any atom is 0.271 e. The van der Waals surface area contributed by atoms with Gasteiger partial charge in [0, 0.05) is 11.1 Å². The van der Waals surface area contributed by atoms with Crippen LogP contribution in [0.25, 0.3) is 0 Å². The number of nitrogens with one attached hydrogen (secondary N) is 1. The summed E-state index contributed by atoms with van der Waals surface area (Å²) in [5.41, 5.74) is 5.28. The highest BCUT2D eigenvalue weighted by Crippen LogP contribution is 2.31. The van der Waals surface area contributed by atoms with Gasteiger partial charge in [0.1, 0.15) is 17.9 Å². The van der Waals surface area contributed by atoms with Gasteiger partial charge in [0.15, 0.2) is 16.6 Å². The van der Waals surface area contributed by atoms with Crippen molar-refractivity contribution in [2.24, 2.45) is 5.73 Å². The lowest BCUT2D eigenvalue weighted by Crippen LogP contribution is -2.14. The Morgan fingerprint density at radius 1 is 1.26 bits per heavy atom. The molecule has 23 heavy (non-hydrogen) atoms. The molecule has 116 valence electrons. The molecular weight excluding hydrogens is 321 g/mol. The first-order valence-electron chi connectivity index (χ1n) is 6.38. The van der Waals surface area contributed by atoms with Crippen LogP contribution in [0.1, 0.15) is 10.5 Å². The van der Waals surface area contributed by atoms with Gasteiger partial charge in [0.25, 0.3) is 5.91 Å². The molecule has 2 heterocycles. The molecule has 1 amide bonds. The van der Waals surface area contributed by atoms with Crippen molar-refractivity contribution < 1.29 is 13.9 Å². The first kappa shape index (κ1) is 15.0. The fourth-order valence-corrected chi connectivity index (χ4v) is 2.42. The van der Waals surface area contributed by atoms with E-state index in [4.69, 9.17) is 10.5 Å². The maximum absolute atomic E-state index is 12.9. The Kier molecular flexibility index (Phi) is 4.20. The summed E-state index contributed by atoms with van der Waals surface area (Å²) >= 11 is 1.26. The minimum atomic E-state index is -0.724. The lowest BCUT2D eigenvalue weighted by atomic mass is 10.3. The van der Waals surface area contributed by atoms with E-state index in [1.807, 2.05) is 0 Å². The second-order valence-corrected chi connectivity index (χ2v) is 5.39. The van der Waals surface area contributed by atoms with Crippen LogP contribution in [-0.2, 0) is 0 Å². The van der Waals surface area contributed by atoms with Gasteiger partial charge in [-0.2, -0.15) is 5.10 Å². The van der Waals surface area contributed by atoms with Crippen molar-refractivity contribution in [1.29, 1.82) is 0 Å². The predicted molar refractivity (Wildman–Crippen MR) is 79.7 cm³/mol. The van der Waals surface area contributed by atoms with Crippen molar-refractivity contribution in [2.45, 2.75) is 10.1 Å². The van der Waals surface area contributed by atoms with Crippen molar-refractivity contribution in [2.75, 3.05) is 0 Å². The summed E-state index contributed by atoms with van der Waals surface area (Å²) in [6.07, 6.45) is 2.86. The number of benzene rings is 1. The zero-order chi connectivity index (χ0) is 16.2. The first-order valence-corrected chi connectivity index (χ1v) is 7.20. The number of pyridine rings is 1. The van der Waals surface area contributed by atoms with Crippen LogP contribution in [-0.4, -0.2) is 26.1 Å². The molecule has 3 aromatic rings. The van der Waals surface area contributed by atoms with Gasteiger partial charge < -0.3 is 10.5 Å². The Labute approximate surface area is 134 Å². The van der Waals surface area contributed by atoms with Gasteiger partial charge >= 0.3 is 0 Å². The summed E-state index contributed by atoms with van der Waals surface area (Å²) in [5.74, 6) is -0.579. The molecule has 0 aliphatic carbocycles. The van der Waals surface area contributed by atoms with Crippen LogP contribution >= 0.6 is 11.8 Å². The molecule has 0 radical (unpaired) electrons. The number of halogens is 1. The SMILES string of the molecule is NC(=O)c1ncc(Sc2ncn[nH]2)cc1Oc1ccc(F)cc1. The Morgan fingerprint density at radius 3 is 2.70 bits per heavy atom. The molecule has 9 heteroatoms. The maximum atomic E-state index is 12.9. The molecular formula is C14H10FN5O2S. The smallest absolute Gasteiger partial charge is 0.271 e. The lowest BCUT2D eigenvalue weighted by Gasteiger charge is -2.10. The molecule has 0 fully saturated rings. The van der Waals surface area contributed by atoms with E-state index in [9.17, 15) is 9.18 Å². The zero-order valence-electron chi connectivity index (χ0n) is 11.6. The van der Waals surface area contributed by atoms with Crippen LogP contribution in [0.4, 0.5) is 4.39 Å². The standard InChI is InChI=1S/C14H10FN5O2S/c15-8-1-3-9(4-2-8)22-11-5-10(6-17-12(11)13(16)21)23-14-18-7-19-20-14/h1-7H,(H2,16,21)(H,18,19,20).